The Morgan fingerprint density at radius 1 is 1.33 bits per heavy atom. The molecule has 3 N–H and O–H groups in total. The molecule has 0 unspecified atom stereocenters. The Bertz CT molecular complexity index is 1820. The second-order valence-electron chi connectivity index (χ2n) is 10.4. The molecule has 242 valence electrons. The molecule has 0 spiro atoms. The van der Waals surface area contributed by atoms with Crippen LogP contribution in [0, 0.1) is 5.92 Å². The van der Waals surface area contributed by atoms with Gasteiger partial charge in [0.25, 0.3) is 0 Å². The molecule has 2 aliphatic rings. The normalized spacial score (nSPS) is 18.7. The maximum Gasteiger partial charge on any atom is 0.347 e. The number of Topliss-reactive ketones (excluding diaryl/α,β-unsaturated/α-hetero) is 2. The Labute approximate surface area is 274 Å². The number of hydrogen-bond acceptors (Lipinski definition) is 13. The molecule has 15 nitrogen and oxygen atoms in total. The van der Waals surface area contributed by atoms with Crippen molar-refractivity contribution in [3.8, 4) is 0 Å². The number of carbonyl (C=O) groups excluding carboxylic acids is 4. The summed E-state index contributed by atoms with van der Waals surface area (Å²) in [5.74, 6) is -4.98. The number of hydrogen-bond donors (Lipinski definition) is 2. The van der Waals surface area contributed by atoms with Gasteiger partial charge in [-0.05, 0) is 13.0 Å². The number of pyridine rings is 1. The zero-order valence-corrected chi connectivity index (χ0v) is 26.8. The number of thiazole rings is 1. The number of carboxylic acids is 2. The van der Waals surface area contributed by atoms with E-state index in [1.807, 2.05) is 16.7 Å². The molecule has 1 fully saturated rings. The van der Waals surface area contributed by atoms with E-state index in [0.29, 0.717) is 5.57 Å². The molecule has 2 aliphatic heterocycles. The topological polar surface area (TPSA) is 210 Å². The standard InChI is InChI=1S/C28H27ClN6O9S2/c1-13(26(39)40)44-32-20(21-23(29)46-28(30)31-21)19(37)8-16-24(38)35-22(27(41)42)14(12-45-25(16)35)9-33-6-3-4-17-18(33)5-7-34(17)10-15(36)11-43-2/h3-7,13,16,25H,8-12H2,1-2H3,(H3-,30,31,39,40,41,42)/b32-20-/t13-,16+,25+/m0/s1. The van der Waals surface area contributed by atoms with Crippen LogP contribution in [-0.4, -0.2) is 85.6 Å². The lowest BCUT2D eigenvalue weighted by molar-refractivity contribution is -0.663. The molecule has 0 aromatic carbocycles. The molecule has 0 aliphatic carbocycles. The molecule has 0 saturated carbocycles. The van der Waals surface area contributed by atoms with Crippen molar-refractivity contribution in [3.63, 3.8) is 0 Å². The zero-order chi connectivity index (χ0) is 33.3. The predicted molar refractivity (Wildman–Crippen MR) is 164 cm³/mol. The molecular formula is C28H27ClN6O9S2. The number of ketones is 2. The van der Waals surface area contributed by atoms with E-state index in [1.165, 1.54) is 25.8 Å². The summed E-state index contributed by atoms with van der Waals surface area (Å²) >= 11 is 8.35. The van der Waals surface area contributed by atoms with Crippen molar-refractivity contribution < 1.29 is 48.3 Å². The number of fused-ring (bicyclic) bond motifs is 2. The fourth-order valence-electron chi connectivity index (χ4n) is 5.18. The second-order valence-corrected chi connectivity index (χ2v) is 13.1. The number of carboxylic acid groups (broad SMARTS) is 2. The number of nitrogens with two attached hydrogens (primary N) is 1. The van der Waals surface area contributed by atoms with Crippen LogP contribution in [0.2, 0.25) is 4.34 Å². The number of β-lactam (4-membered cyclic amide) rings is 1. The third-order valence-corrected chi connectivity index (χ3v) is 9.80. The van der Waals surface area contributed by atoms with Gasteiger partial charge in [-0.25, -0.2) is 9.78 Å². The number of nitrogens with zero attached hydrogens (tertiary/aromatic N) is 5. The first-order valence-electron chi connectivity index (χ1n) is 13.7. The number of aromatic nitrogens is 3. The Morgan fingerprint density at radius 2 is 2.09 bits per heavy atom. The van der Waals surface area contributed by atoms with Gasteiger partial charge in [0.2, 0.25) is 17.5 Å². The summed E-state index contributed by atoms with van der Waals surface area (Å²) in [7, 11) is 1.44. The fourth-order valence-corrected chi connectivity index (χ4v) is 7.52. The van der Waals surface area contributed by atoms with Crippen molar-refractivity contribution in [2.75, 3.05) is 25.2 Å². The van der Waals surface area contributed by atoms with Crippen molar-refractivity contribution in [1.29, 1.82) is 0 Å². The van der Waals surface area contributed by atoms with Crippen LogP contribution in [0.25, 0.3) is 11.0 Å². The first-order valence-corrected chi connectivity index (χ1v) is 15.9. The minimum absolute atomic E-state index is 0.0148. The van der Waals surface area contributed by atoms with Gasteiger partial charge in [0.15, 0.2) is 35.2 Å². The average Bonchev–Trinajstić information content (AvgIpc) is 3.57. The molecular weight excluding hydrogens is 664 g/mol. The van der Waals surface area contributed by atoms with Crippen LogP contribution in [-0.2, 0) is 46.6 Å². The Kier molecular flexibility index (Phi) is 9.76. The quantitative estimate of drug-likeness (QED) is 0.101. The third-order valence-electron chi connectivity index (χ3n) is 7.32. The van der Waals surface area contributed by atoms with E-state index in [2.05, 4.69) is 10.1 Å². The lowest BCUT2D eigenvalue weighted by atomic mass is 9.89. The maximum atomic E-state index is 13.4. The van der Waals surface area contributed by atoms with E-state index in [9.17, 15) is 29.1 Å². The number of aliphatic carboxylic acids is 2. The molecule has 3 aromatic heterocycles. The number of amides is 1. The Balaban J connectivity index is 1.37. The summed E-state index contributed by atoms with van der Waals surface area (Å²) in [4.78, 5) is 72.6. The highest BCUT2D eigenvalue weighted by molar-refractivity contribution is 8.00. The van der Waals surface area contributed by atoms with E-state index < -0.39 is 53.2 Å². The van der Waals surface area contributed by atoms with Gasteiger partial charge >= 0.3 is 5.97 Å². The van der Waals surface area contributed by atoms with E-state index in [4.69, 9.17) is 32.0 Å². The molecule has 1 amide bonds. The number of oxime groups is 1. The van der Waals surface area contributed by atoms with Gasteiger partial charge in [-0.1, -0.05) is 28.1 Å². The summed E-state index contributed by atoms with van der Waals surface area (Å²) in [5, 5.41) is 24.6. The van der Waals surface area contributed by atoms with Crippen molar-refractivity contribution >= 4 is 86.0 Å². The van der Waals surface area contributed by atoms with Gasteiger partial charge in [0, 0.05) is 43.2 Å². The van der Waals surface area contributed by atoms with Crippen LogP contribution in [0.1, 0.15) is 19.0 Å². The largest absolute Gasteiger partial charge is 0.543 e. The molecule has 1 saturated heterocycles. The van der Waals surface area contributed by atoms with Gasteiger partial charge < -0.3 is 34.9 Å². The number of thioether (sulfide) groups is 1. The molecule has 0 radical (unpaired) electrons. The second kappa shape index (κ2) is 13.6. The van der Waals surface area contributed by atoms with Crippen LogP contribution < -0.4 is 15.4 Å². The van der Waals surface area contributed by atoms with Crippen molar-refractivity contribution in [3.05, 3.63) is 51.9 Å². The van der Waals surface area contributed by atoms with Gasteiger partial charge in [-0.2, -0.15) is 4.57 Å². The number of ether oxygens (including phenoxy) is 1. The molecule has 46 heavy (non-hydrogen) atoms. The first kappa shape index (κ1) is 33.1. The third kappa shape index (κ3) is 6.48. The van der Waals surface area contributed by atoms with Gasteiger partial charge in [-0.3, -0.25) is 19.3 Å². The van der Waals surface area contributed by atoms with E-state index in [-0.39, 0.29) is 52.1 Å². The number of anilines is 1. The Morgan fingerprint density at radius 3 is 2.74 bits per heavy atom. The van der Waals surface area contributed by atoms with E-state index in [0.717, 1.165) is 27.3 Å². The van der Waals surface area contributed by atoms with Crippen molar-refractivity contribution in [2.45, 2.75) is 37.9 Å². The number of rotatable bonds is 14. The molecule has 18 heteroatoms. The minimum atomic E-state index is -1.53. The van der Waals surface area contributed by atoms with Crippen LogP contribution in [0.4, 0.5) is 5.13 Å². The first-order chi connectivity index (χ1) is 21.9. The van der Waals surface area contributed by atoms with Gasteiger partial charge in [-0.15, -0.1) is 11.8 Å². The predicted octanol–water partition coefficient (Wildman–Crippen LogP) is 0.225. The number of carbonyl (C=O) groups is 5. The lowest BCUT2D eigenvalue weighted by Crippen LogP contribution is -2.63. The molecule has 3 atom stereocenters. The highest BCUT2D eigenvalue weighted by Gasteiger charge is 2.53. The summed E-state index contributed by atoms with van der Waals surface area (Å²) in [5.41, 5.74) is 6.86. The molecule has 5 rings (SSSR count). The summed E-state index contributed by atoms with van der Waals surface area (Å²) in [6.07, 6.45) is 1.72. The number of halogens is 1. The summed E-state index contributed by atoms with van der Waals surface area (Å²) < 4.78 is 8.52. The van der Waals surface area contributed by atoms with Crippen molar-refractivity contribution in [2.24, 2.45) is 11.1 Å². The zero-order valence-electron chi connectivity index (χ0n) is 24.4. The molecule has 0 bridgehead atoms. The monoisotopic (exact) mass is 690 g/mol. The lowest BCUT2D eigenvalue weighted by Gasteiger charge is -2.50. The van der Waals surface area contributed by atoms with E-state index in [1.54, 1.807) is 23.0 Å². The van der Waals surface area contributed by atoms with Gasteiger partial charge in [0.05, 0.1) is 29.5 Å². The number of nitrogen functional groups attached to an aromatic ring is 1. The molecule has 3 aromatic rings. The summed E-state index contributed by atoms with van der Waals surface area (Å²) in [6, 6.07) is 5.42. The SMILES string of the molecule is COCC(=O)Cn1ccc2c1ccc[n+]2CC1=C(C(=O)[O-])N2C(=O)[C@@H](CC(=O)/C(=N/O[C@@H](C)C(=O)O)c3nc(N)sc3Cl)[C@H]2SC1. The highest BCUT2D eigenvalue weighted by Crippen LogP contribution is 2.45. The average molecular weight is 691 g/mol. The smallest absolute Gasteiger partial charge is 0.347 e. The van der Waals surface area contributed by atoms with Gasteiger partial charge in [0.1, 0.15) is 22.2 Å². The maximum absolute atomic E-state index is 13.4. The number of methoxy groups -OCH3 is 1. The highest BCUT2D eigenvalue weighted by atomic mass is 35.5. The van der Waals surface area contributed by atoms with Crippen molar-refractivity contribution in [1.82, 2.24) is 14.5 Å². The Hall–Kier alpha value is -4.32. The van der Waals surface area contributed by atoms with Crippen LogP contribution in [0.5, 0.6) is 0 Å². The van der Waals surface area contributed by atoms with Crippen LogP contribution >= 0.6 is 34.7 Å². The fraction of sp³-hybridized carbons (Fsp3) is 0.357. The summed E-state index contributed by atoms with van der Waals surface area (Å²) in [6.45, 7) is 1.42. The van der Waals surface area contributed by atoms with E-state index >= 15 is 0 Å². The minimum Gasteiger partial charge on any atom is -0.543 e. The van der Waals surface area contributed by atoms with Crippen LogP contribution in [0.15, 0.2) is 47.0 Å². The molecule has 5 heterocycles. The van der Waals surface area contributed by atoms with Crippen LogP contribution in [0.3, 0.4) is 0 Å².